The maximum atomic E-state index is 12.9. The smallest absolute Gasteiger partial charge is 0.247 e. The van der Waals surface area contributed by atoms with Gasteiger partial charge in [0.1, 0.15) is 5.69 Å². The molecule has 152 valence electrons. The number of likely N-dealkylation sites (tertiary alicyclic amines) is 1. The SMILES string of the molecule is Cc1cc(C)nc(Nc2nccnc2[C@@H]2CCCN2C(=O)/C=C/c2ccccc2)n1. The molecule has 0 unspecified atom stereocenters. The third kappa shape index (κ3) is 4.51. The van der Waals surface area contributed by atoms with E-state index in [-0.39, 0.29) is 11.9 Å². The number of anilines is 2. The van der Waals surface area contributed by atoms with Crippen LogP contribution in [-0.4, -0.2) is 37.3 Å². The summed E-state index contributed by atoms with van der Waals surface area (Å²) in [7, 11) is 0. The summed E-state index contributed by atoms with van der Waals surface area (Å²) < 4.78 is 0. The first-order valence-corrected chi connectivity index (χ1v) is 10.0. The van der Waals surface area contributed by atoms with E-state index in [1.807, 2.05) is 61.2 Å². The van der Waals surface area contributed by atoms with Gasteiger partial charge in [-0.05, 0) is 44.4 Å². The van der Waals surface area contributed by atoms with Gasteiger partial charge in [0, 0.05) is 36.4 Å². The highest BCUT2D eigenvalue weighted by Crippen LogP contribution is 2.34. The number of carbonyl (C=O) groups is 1. The fourth-order valence-corrected chi connectivity index (χ4v) is 3.72. The third-order valence-corrected chi connectivity index (χ3v) is 5.01. The lowest BCUT2D eigenvalue weighted by Gasteiger charge is -2.24. The van der Waals surface area contributed by atoms with Crippen LogP contribution in [0.2, 0.25) is 0 Å². The second-order valence-corrected chi connectivity index (χ2v) is 7.32. The van der Waals surface area contributed by atoms with Gasteiger partial charge in [-0.1, -0.05) is 30.3 Å². The zero-order valence-electron chi connectivity index (χ0n) is 17.1. The van der Waals surface area contributed by atoms with Crippen molar-refractivity contribution in [2.45, 2.75) is 32.7 Å². The van der Waals surface area contributed by atoms with Crippen LogP contribution in [0.25, 0.3) is 6.08 Å². The van der Waals surface area contributed by atoms with Crippen LogP contribution in [-0.2, 0) is 4.79 Å². The van der Waals surface area contributed by atoms with Crippen molar-refractivity contribution in [3.05, 3.63) is 77.5 Å². The van der Waals surface area contributed by atoms with Crippen molar-refractivity contribution >= 4 is 23.7 Å². The van der Waals surface area contributed by atoms with E-state index in [0.29, 0.717) is 18.3 Å². The van der Waals surface area contributed by atoms with E-state index < -0.39 is 0 Å². The van der Waals surface area contributed by atoms with E-state index in [1.54, 1.807) is 18.5 Å². The molecule has 0 saturated carbocycles. The molecule has 1 fully saturated rings. The van der Waals surface area contributed by atoms with Crippen molar-refractivity contribution in [2.24, 2.45) is 0 Å². The fourth-order valence-electron chi connectivity index (χ4n) is 3.72. The molecule has 4 rings (SSSR count). The minimum absolute atomic E-state index is 0.0272. The van der Waals surface area contributed by atoms with Crippen LogP contribution in [0.1, 0.15) is 41.5 Å². The molecule has 1 N–H and O–H groups in total. The summed E-state index contributed by atoms with van der Waals surface area (Å²) in [6.07, 6.45) is 8.52. The molecule has 1 aliphatic rings. The number of rotatable bonds is 5. The molecule has 1 saturated heterocycles. The molecule has 1 atom stereocenters. The minimum Gasteiger partial charge on any atom is -0.330 e. The highest BCUT2D eigenvalue weighted by molar-refractivity contribution is 5.92. The summed E-state index contributed by atoms with van der Waals surface area (Å²) in [4.78, 5) is 32.6. The Morgan fingerprint density at radius 1 is 1.10 bits per heavy atom. The van der Waals surface area contributed by atoms with Crippen LogP contribution < -0.4 is 5.32 Å². The monoisotopic (exact) mass is 400 g/mol. The molecule has 2 aromatic heterocycles. The van der Waals surface area contributed by atoms with Crippen molar-refractivity contribution in [1.82, 2.24) is 24.8 Å². The molecule has 0 spiro atoms. The number of aryl methyl sites for hydroxylation is 2. The summed E-state index contributed by atoms with van der Waals surface area (Å²) in [5.74, 6) is 1.04. The molecule has 1 amide bonds. The number of amides is 1. The second-order valence-electron chi connectivity index (χ2n) is 7.32. The normalized spacial score (nSPS) is 16.2. The van der Waals surface area contributed by atoms with Gasteiger partial charge in [0.05, 0.1) is 6.04 Å². The Hall–Kier alpha value is -3.61. The first kappa shape index (κ1) is 19.7. The van der Waals surface area contributed by atoms with Gasteiger partial charge in [-0.2, -0.15) is 0 Å². The van der Waals surface area contributed by atoms with Crippen LogP contribution in [0.3, 0.4) is 0 Å². The van der Waals surface area contributed by atoms with Gasteiger partial charge in [0.25, 0.3) is 0 Å². The molecule has 1 aromatic carbocycles. The van der Waals surface area contributed by atoms with Crippen molar-refractivity contribution < 1.29 is 4.79 Å². The molecule has 0 radical (unpaired) electrons. The van der Waals surface area contributed by atoms with Gasteiger partial charge in [0.2, 0.25) is 11.9 Å². The fraction of sp³-hybridized carbons (Fsp3) is 0.261. The quantitative estimate of drug-likeness (QED) is 0.652. The lowest BCUT2D eigenvalue weighted by atomic mass is 10.1. The second kappa shape index (κ2) is 8.82. The van der Waals surface area contributed by atoms with Crippen molar-refractivity contribution in [2.75, 3.05) is 11.9 Å². The molecular formula is C23H24N6O. The van der Waals surface area contributed by atoms with Crippen LogP contribution in [0, 0.1) is 13.8 Å². The molecule has 3 aromatic rings. The van der Waals surface area contributed by atoms with E-state index in [0.717, 1.165) is 35.5 Å². The van der Waals surface area contributed by atoms with Gasteiger partial charge in [-0.25, -0.2) is 15.0 Å². The van der Waals surface area contributed by atoms with E-state index in [1.165, 1.54) is 0 Å². The average molecular weight is 400 g/mol. The van der Waals surface area contributed by atoms with E-state index in [4.69, 9.17) is 0 Å². The summed E-state index contributed by atoms with van der Waals surface area (Å²) in [5.41, 5.74) is 3.48. The first-order chi connectivity index (χ1) is 14.6. The van der Waals surface area contributed by atoms with Gasteiger partial charge in [-0.15, -0.1) is 0 Å². The van der Waals surface area contributed by atoms with Crippen LogP contribution in [0.5, 0.6) is 0 Å². The highest BCUT2D eigenvalue weighted by Gasteiger charge is 2.32. The summed E-state index contributed by atoms with van der Waals surface area (Å²) >= 11 is 0. The number of hydrogen-bond donors (Lipinski definition) is 1. The minimum atomic E-state index is -0.139. The van der Waals surface area contributed by atoms with Gasteiger partial charge in [0.15, 0.2) is 5.82 Å². The standard InChI is InChI=1S/C23H24N6O/c1-16-15-17(2)27-23(26-16)28-22-21(24-12-13-25-22)19-9-6-14-29(19)20(30)11-10-18-7-4-3-5-8-18/h3-5,7-8,10-13,15,19H,6,9,14H2,1-2H3,(H,25,26,27,28)/b11-10+/t19-/m0/s1. The summed E-state index contributed by atoms with van der Waals surface area (Å²) in [6.45, 7) is 4.54. The molecule has 30 heavy (non-hydrogen) atoms. The van der Waals surface area contributed by atoms with E-state index >= 15 is 0 Å². The molecular weight excluding hydrogens is 376 g/mol. The molecule has 7 nitrogen and oxygen atoms in total. The maximum Gasteiger partial charge on any atom is 0.247 e. The number of nitrogens with one attached hydrogen (secondary N) is 1. The van der Waals surface area contributed by atoms with Crippen LogP contribution in [0.4, 0.5) is 11.8 Å². The number of hydrogen-bond acceptors (Lipinski definition) is 6. The predicted molar refractivity (Wildman–Crippen MR) is 116 cm³/mol. The number of benzene rings is 1. The zero-order chi connectivity index (χ0) is 20.9. The average Bonchev–Trinajstić information content (AvgIpc) is 3.22. The van der Waals surface area contributed by atoms with Crippen LogP contribution >= 0.6 is 0 Å². The van der Waals surface area contributed by atoms with E-state index in [2.05, 4.69) is 25.3 Å². The largest absolute Gasteiger partial charge is 0.330 e. The van der Waals surface area contributed by atoms with Crippen molar-refractivity contribution in [3.8, 4) is 0 Å². The van der Waals surface area contributed by atoms with Gasteiger partial charge in [-0.3, -0.25) is 9.78 Å². The predicted octanol–water partition coefficient (Wildman–Crippen LogP) is 4.00. The van der Waals surface area contributed by atoms with Gasteiger partial charge >= 0.3 is 0 Å². The Morgan fingerprint density at radius 3 is 2.60 bits per heavy atom. The lowest BCUT2D eigenvalue weighted by molar-refractivity contribution is -0.126. The summed E-state index contributed by atoms with van der Waals surface area (Å²) in [5, 5.41) is 3.20. The molecule has 0 aliphatic carbocycles. The van der Waals surface area contributed by atoms with Gasteiger partial charge < -0.3 is 10.2 Å². The molecule has 3 heterocycles. The molecule has 1 aliphatic heterocycles. The summed E-state index contributed by atoms with van der Waals surface area (Å²) in [6, 6.07) is 11.6. The Kier molecular flexibility index (Phi) is 5.79. The number of nitrogens with zero attached hydrogens (tertiary/aromatic N) is 5. The Bertz CT molecular complexity index is 1050. The zero-order valence-corrected chi connectivity index (χ0v) is 17.1. The molecule has 7 heteroatoms. The van der Waals surface area contributed by atoms with Crippen molar-refractivity contribution in [3.63, 3.8) is 0 Å². The lowest BCUT2D eigenvalue weighted by Crippen LogP contribution is -2.30. The third-order valence-electron chi connectivity index (χ3n) is 5.01. The van der Waals surface area contributed by atoms with Crippen LogP contribution in [0.15, 0.2) is 54.9 Å². The Morgan fingerprint density at radius 2 is 1.83 bits per heavy atom. The topological polar surface area (TPSA) is 83.9 Å². The Labute approximate surface area is 175 Å². The highest BCUT2D eigenvalue weighted by atomic mass is 16.2. The Balaban J connectivity index is 1.57. The molecule has 0 bridgehead atoms. The number of carbonyl (C=O) groups excluding carboxylic acids is 1. The number of aromatic nitrogens is 4. The van der Waals surface area contributed by atoms with E-state index in [9.17, 15) is 4.79 Å². The maximum absolute atomic E-state index is 12.9. The van der Waals surface area contributed by atoms with Crippen molar-refractivity contribution in [1.29, 1.82) is 0 Å². The first-order valence-electron chi connectivity index (χ1n) is 10.0.